The first-order valence-electron chi connectivity index (χ1n) is 25.7. The summed E-state index contributed by atoms with van der Waals surface area (Å²) in [5.41, 5.74) is 4.65. The van der Waals surface area contributed by atoms with Crippen LogP contribution in [0.4, 0.5) is 17.1 Å². The minimum Gasteiger partial charge on any atom is -0.455 e. The van der Waals surface area contributed by atoms with E-state index in [1.807, 2.05) is 31.2 Å². The number of sulfonamides is 1. The molecule has 18 heteroatoms. The molecule has 2 aromatic heterocycles. The Bertz CT molecular complexity index is 3160. The molecule has 1 atom stereocenters. The number of aliphatic hydroxyl groups is 1. The number of hydrogen-bond acceptors (Lipinski definition) is 12. The van der Waals surface area contributed by atoms with Gasteiger partial charge in [0, 0.05) is 87.3 Å². The molecule has 1 spiro atoms. The molecule has 15 nitrogen and oxygen atoms in total. The van der Waals surface area contributed by atoms with Crippen molar-refractivity contribution in [3.63, 3.8) is 0 Å². The fourth-order valence-corrected chi connectivity index (χ4v) is 13.1. The van der Waals surface area contributed by atoms with Crippen LogP contribution >= 0.6 is 23.2 Å². The second-order valence-corrected chi connectivity index (χ2v) is 24.1. The Morgan fingerprint density at radius 2 is 1.72 bits per heavy atom. The van der Waals surface area contributed by atoms with E-state index in [0.717, 1.165) is 100 Å². The van der Waals surface area contributed by atoms with Crippen LogP contribution in [0.2, 0.25) is 10.0 Å². The number of rotatable bonds is 15. The summed E-state index contributed by atoms with van der Waals surface area (Å²) in [7, 11) is -4.59. The Hall–Kier alpha value is -5.75. The number of benzene rings is 4. The number of nitrogens with zero attached hydrogens (tertiary/aromatic N) is 5. The maximum absolute atomic E-state index is 14.1. The fraction of sp³-hybridized carbons (Fsp3) is 0.429. The van der Waals surface area contributed by atoms with Gasteiger partial charge in [-0.15, -0.1) is 0 Å². The van der Waals surface area contributed by atoms with Crippen molar-refractivity contribution in [3.05, 3.63) is 146 Å². The van der Waals surface area contributed by atoms with Crippen LogP contribution < -0.4 is 19.7 Å². The van der Waals surface area contributed by atoms with Gasteiger partial charge in [0.05, 0.1) is 37.2 Å². The molecule has 6 aromatic rings. The predicted octanol–water partition coefficient (Wildman–Crippen LogP) is 11.5. The van der Waals surface area contributed by atoms with Crippen molar-refractivity contribution in [2.75, 3.05) is 49.5 Å². The van der Waals surface area contributed by atoms with E-state index in [4.69, 9.17) is 27.9 Å². The van der Waals surface area contributed by atoms with Crippen LogP contribution in [0.5, 0.6) is 11.5 Å². The van der Waals surface area contributed by atoms with Gasteiger partial charge in [0.2, 0.25) is 0 Å². The Labute approximate surface area is 442 Å². The third-order valence-corrected chi connectivity index (χ3v) is 18.2. The van der Waals surface area contributed by atoms with Crippen LogP contribution in [0.15, 0.2) is 108 Å². The number of nitro benzene ring substituents is 1. The van der Waals surface area contributed by atoms with Crippen LogP contribution in [0, 0.1) is 21.4 Å². The SMILES string of the molecule is CC(C)c1ccccc1C1CN(Cc2ccc(Cl)c(Cl)c2)CCN1C1CC2(CCN(c3ccc(C(=O)NS(=O)(=O)c4ccc(NCC5CCC(C)(O)CC5)c([N+](=O)[O-])c4)c(Oc4cnc5[nH]ccc5c4)c3)CC2)C1. The van der Waals surface area contributed by atoms with E-state index < -0.39 is 37.0 Å². The molecule has 2 saturated heterocycles. The van der Waals surface area contributed by atoms with Crippen LogP contribution in [0.25, 0.3) is 11.0 Å². The number of carbonyl (C=O) groups is 1. The van der Waals surface area contributed by atoms with E-state index in [1.165, 1.54) is 29.5 Å². The monoisotopic (exact) mass is 1060 g/mol. The van der Waals surface area contributed by atoms with Crippen LogP contribution in [0.3, 0.4) is 0 Å². The molecule has 1 unspecified atom stereocenters. The molecular formula is C56H64Cl2N8O7S. The molecule has 74 heavy (non-hydrogen) atoms. The van der Waals surface area contributed by atoms with Crippen molar-refractivity contribution in [2.24, 2.45) is 11.3 Å². The molecule has 1 amide bonds. The van der Waals surface area contributed by atoms with Crippen molar-refractivity contribution in [2.45, 2.75) is 107 Å². The third-order valence-electron chi connectivity index (χ3n) is 16.1. The molecular weight excluding hydrogens is 1000 g/mol. The van der Waals surface area contributed by atoms with Crippen LogP contribution in [-0.4, -0.2) is 95.0 Å². The first-order chi connectivity index (χ1) is 35.4. The standard InChI is InChI=1S/C56H64Cl2N8O7S/c1-36(2)44-6-4-5-7-45(44)51-35-63(34-38-8-12-47(57)48(58)26-38)24-25-65(51)41-30-56(31-41)19-22-64(23-20-56)40-9-11-46(52(28-40)73-42-27-39-16-21-59-53(39)61-33-42)54(67)62-74(71,72)43-10-13-49(50(29-43)66(69)70)60-32-37-14-17-55(3,68)18-15-37/h4-13,16,21,26-29,33,36-37,41,51,60,68H,14-15,17-20,22-25,30-32,34-35H2,1-3H3,(H,59,61)(H,62,67). The maximum Gasteiger partial charge on any atom is 0.293 e. The first-order valence-corrected chi connectivity index (χ1v) is 28.0. The average molecular weight is 1060 g/mol. The summed E-state index contributed by atoms with van der Waals surface area (Å²) in [4.78, 5) is 40.4. The molecule has 2 aliphatic carbocycles. The lowest BCUT2D eigenvalue weighted by atomic mass is 9.59. The number of halogens is 2. The highest BCUT2D eigenvalue weighted by Crippen LogP contribution is 2.53. The Morgan fingerprint density at radius 3 is 2.46 bits per heavy atom. The molecule has 2 aliphatic heterocycles. The van der Waals surface area contributed by atoms with Gasteiger partial charge in [-0.1, -0.05) is 67.4 Å². The number of aromatic amines is 1. The highest BCUT2D eigenvalue weighted by atomic mass is 35.5. The second kappa shape index (κ2) is 21.1. The lowest BCUT2D eigenvalue weighted by molar-refractivity contribution is -0.384. The quantitative estimate of drug-likeness (QED) is 0.0564. The van der Waals surface area contributed by atoms with E-state index in [1.54, 1.807) is 24.4 Å². The topological polar surface area (TPSA) is 186 Å². The summed E-state index contributed by atoms with van der Waals surface area (Å²) >= 11 is 12.7. The maximum atomic E-state index is 14.1. The summed E-state index contributed by atoms with van der Waals surface area (Å²) < 4.78 is 36.2. The van der Waals surface area contributed by atoms with Crippen molar-refractivity contribution >= 4 is 67.2 Å². The molecule has 0 radical (unpaired) electrons. The van der Waals surface area contributed by atoms with E-state index >= 15 is 0 Å². The molecule has 0 bridgehead atoms. The predicted molar refractivity (Wildman–Crippen MR) is 290 cm³/mol. The smallest absolute Gasteiger partial charge is 0.293 e. The van der Waals surface area contributed by atoms with Crippen LogP contribution in [0.1, 0.15) is 111 Å². The molecule has 4 aromatic carbocycles. The molecule has 4 heterocycles. The van der Waals surface area contributed by atoms with Gasteiger partial charge in [-0.2, -0.15) is 0 Å². The number of nitro groups is 1. The zero-order chi connectivity index (χ0) is 51.9. The lowest BCUT2D eigenvalue weighted by Crippen LogP contribution is -2.60. The number of nitrogens with one attached hydrogen (secondary N) is 3. The third kappa shape index (κ3) is 11.3. The summed E-state index contributed by atoms with van der Waals surface area (Å²) in [6.45, 7) is 12.0. The first kappa shape index (κ1) is 51.7. The minimum atomic E-state index is -4.59. The van der Waals surface area contributed by atoms with Gasteiger partial charge in [-0.3, -0.25) is 24.7 Å². The van der Waals surface area contributed by atoms with Gasteiger partial charge in [-0.05, 0) is 141 Å². The summed E-state index contributed by atoms with van der Waals surface area (Å²) in [5.74, 6) is 0.126. The van der Waals surface area contributed by atoms with Gasteiger partial charge in [0.15, 0.2) is 0 Å². The van der Waals surface area contributed by atoms with Gasteiger partial charge in [0.25, 0.3) is 21.6 Å². The number of ether oxygens (including phenoxy) is 1. The number of piperidine rings is 1. The molecule has 4 N–H and O–H groups in total. The van der Waals surface area contributed by atoms with Gasteiger partial charge in [0.1, 0.15) is 22.8 Å². The van der Waals surface area contributed by atoms with Gasteiger partial charge in [-0.25, -0.2) is 18.1 Å². The molecule has 10 rings (SSSR count). The van der Waals surface area contributed by atoms with E-state index in [2.05, 4.69) is 78.9 Å². The molecule has 4 fully saturated rings. The average Bonchev–Trinajstić information content (AvgIpc) is 3.84. The van der Waals surface area contributed by atoms with E-state index in [-0.39, 0.29) is 34.4 Å². The number of anilines is 2. The number of H-pyrrole nitrogens is 1. The van der Waals surface area contributed by atoms with Crippen molar-refractivity contribution in [1.29, 1.82) is 0 Å². The lowest BCUT2D eigenvalue weighted by Gasteiger charge is -2.58. The molecule has 4 aliphatic rings. The summed E-state index contributed by atoms with van der Waals surface area (Å²) in [6, 6.07) is 27.9. The second-order valence-electron chi connectivity index (χ2n) is 21.6. The highest BCUT2D eigenvalue weighted by molar-refractivity contribution is 7.90. The Kier molecular flexibility index (Phi) is 14.8. The number of fused-ring (bicyclic) bond motifs is 1. The van der Waals surface area contributed by atoms with E-state index in [0.29, 0.717) is 52.8 Å². The molecule has 2 saturated carbocycles. The zero-order valence-electron chi connectivity index (χ0n) is 42.0. The van der Waals surface area contributed by atoms with Crippen LogP contribution in [-0.2, 0) is 16.6 Å². The largest absolute Gasteiger partial charge is 0.455 e. The van der Waals surface area contributed by atoms with Crippen molar-refractivity contribution in [3.8, 4) is 11.5 Å². The normalized spacial score (nSPS) is 21.7. The number of piperazine rings is 1. The fourth-order valence-electron chi connectivity index (χ4n) is 11.8. The van der Waals surface area contributed by atoms with Gasteiger partial charge < -0.3 is 25.0 Å². The number of hydrogen-bond donors (Lipinski definition) is 4. The summed E-state index contributed by atoms with van der Waals surface area (Å²) in [6.07, 6.45) is 10.3. The Balaban J connectivity index is 0.832. The number of carbonyl (C=O) groups excluding carboxylic acids is 1. The highest BCUT2D eigenvalue weighted by Gasteiger charge is 2.50. The van der Waals surface area contributed by atoms with Crippen molar-refractivity contribution < 1.29 is 28.0 Å². The number of pyridine rings is 1. The number of aromatic nitrogens is 2. The number of amides is 1. The molecule has 390 valence electrons. The van der Waals surface area contributed by atoms with Gasteiger partial charge >= 0.3 is 0 Å². The Morgan fingerprint density at radius 1 is 0.946 bits per heavy atom. The zero-order valence-corrected chi connectivity index (χ0v) is 44.4. The van der Waals surface area contributed by atoms with Crippen molar-refractivity contribution in [1.82, 2.24) is 24.5 Å². The summed E-state index contributed by atoms with van der Waals surface area (Å²) in [5, 5.41) is 27.6. The minimum absolute atomic E-state index is 0.0355. The van der Waals surface area contributed by atoms with E-state index in [9.17, 15) is 28.4 Å².